The molecule has 0 aliphatic carbocycles. The van der Waals surface area contributed by atoms with Gasteiger partial charge in [-0.2, -0.15) is 22.0 Å². The molecule has 0 spiro atoms. The van der Waals surface area contributed by atoms with Gasteiger partial charge in [-0.15, -0.1) is 0 Å². The second-order valence-corrected chi connectivity index (χ2v) is 10.8. The van der Waals surface area contributed by atoms with E-state index in [9.17, 15) is 35.2 Å². The quantitative estimate of drug-likeness (QED) is 0.209. The molecular formula is C19H31F5N2O5S. The van der Waals surface area contributed by atoms with Crippen molar-refractivity contribution in [3.63, 3.8) is 0 Å². The average molecular weight is 495 g/mol. The number of unbranched alkanes of at least 4 members (excludes halogenated alkanes) is 3. The predicted octanol–water partition coefficient (Wildman–Crippen LogP) is 3.62. The number of ether oxygens (including phenoxy) is 1. The lowest BCUT2D eigenvalue weighted by molar-refractivity contribution is -0.284. The Morgan fingerprint density at radius 1 is 1.03 bits per heavy atom. The smallest absolute Gasteiger partial charge is 0.381 e. The number of hydrogen-bond acceptors (Lipinski definition) is 5. The van der Waals surface area contributed by atoms with E-state index in [1.54, 1.807) is 0 Å². The number of halogens is 5. The first-order valence-electron chi connectivity index (χ1n) is 10.8. The molecule has 2 fully saturated rings. The number of hydrogen-bond donors (Lipinski definition) is 2. The normalized spacial score (nSPS) is 21.4. The van der Waals surface area contributed by atoms with Gasteiger partial charge >= 0.3 is 12.1 Å². The van der Waals surface area contributed by atoms with Gasteiger partial charge in [-0.1, -0.05) is 25.7 Å². The zero-order valence-corrected chi connectivity index (χ0v) is 18.6. The van der Waals surface area contributed by atoms with Crippen molar-refractivity contribution in [1.82, 2.24) is 9.79 Å². The highest BCUT2D eigenvalue weighted by atomic mass is 32.2. The van der Waals surface area contributed by atoms with Crippen LogP contribution in [0.5, 0.6) is 0 Å². The third-order valence-electron chi connectivity index (χ3n) is 6.49. The molecule has 0 aromatic carbocycles. The van der Waals surface area contributed by atoms with Gasteiger partial charge in [0.2, 0.25) is 10.0 Å². The number of rotatable bonds is 10. The number of hydroxylamine groups is 1. The SMILES string of the molecule is O=C(NO)C1(S(=O)(=O)N2CCC(CCCCCCC(F)(F)C(F)(F)F)CC2)CCOCC1. The number of sulfonamides is 1. The molecule has 2 aliphatic heterocycles. The zero-order chi connectivity index (χ0) is 24.0. The summed E-state index contributed by atoms with van der Waals surface area (Å²) in [6.07, 6.45) is -3.67. The molecule has 188 valence electrons. The molecule has 0 aromatic rings. The van der Waals surface area contributed by atoms with Gasteiger partial charge in [0.25, 0.3) is 5.91 Å². The van der Waals surface area contributed by atoms with Crippen LogP contribution in [0.25, 0.3) is 0 Å². The van der Waals surface area contributed by atoms with E-state index in [0.717, 1.165) is 6.42 Å². The van der Waals surface area contributed by atoms with Gasteiger partial charge in [-0.3, -0.25) is 10.0 Å². The van der Waals surface area contributed by atoms with Crippen molar-refractivity contribution in [2.24, 2.45) is 5.92 Å². The summed E-state index contributed by atoms with van der Waals surface area (Å²) >= 11 is 0. The molecule has 0 unspecified atom stereocenters. The Kier molecular flexibility index (Phi) is 9.28. The molecule has 32 heavy (non-hydrogen) atoms. The Morgan fingerprint density at radius 2 is 1.59 bits per heavy atom. The van der Waals surface area contributed by atoms with Crippen LogP contribution in [0.1, 0.15) is 64.2 Å². The Balaban J connectivity index is 1.76. The first-order valence-corrected chi connectivity index (χ1v) is 12.3. The van der Waals surface area contributed by atoms with Crippen molar-refractivity contribution < 1.29 is 45.1 Å². The zero-order valence-electron chi connectivity index (χ0n) is 17.8. The summed E-state index contributed by atoms with van der Waals surface area (Å²) in [5.74, 6) is -5.39. The number of amides is 1. The fourth-order valence-corrected chi connectivity index (χ4v) is 6.51. The summed E-state index contributed by atoms with van der Waals surface area (Å²) in [6.45, 7) is 0.647. The number of carbonyl (C=O) groups excluding carboxylic acids is 1. The Hall–Kier alpha value is -1.05. The van der Waals surface area contributed by atoms with Crippen LogP contribution in [0.4, 0.5) is 22.0 Å². The van der Waals surface area contributed by atoms with Gasteiger partial charge in [-0.05, 0) is 25.2 Å². The van der Waals surface area contributed by atoms with E-state index in [1.807, 2.05) is 0 Å². The predicted molar refractivity (Wildman–Crippen MR) is 105 cm³/mol. The van der Waals surface area contributed by atoms with E-state index in [2.05, 4.69) is 0 Å². The summed E-state index contributed by atoms with van der Waals surface area (Å²) in [4.78, 5) is 12.3. The average Bonchev–Trinajstić information content (AvgIpc) is 2.75. The van der Waals surface area contributed by atoms with Gasteiger partial charge in [0.1, 0.15) is 0 Å². The standard InChI is InChI=1S/C19H31F5N2O5S/c20-18(21,19(22,23)24)8-4-2-1-3-5-15-6-11-26(12-7-15)32(29,30)17(16(27)25-28)9-13-31-14-10-17/h15,28H,1-14H2,(H,25,27). The van der Waals surface area contributed by atoms with Crippen molar-refractivity contribution in [3.8, 4) is 0 Å². The van der Waals surface area contributed by atoms with Crippen LogP contribution >= 0.6 is 0 Å². The minimum absolute atomic E-state index is 0.0466. The lowest BCUT2D eigenvalue weighted by Crippen LogP contribution is -2.60. The third-order valence-corrected chi connectivity index (χ3v) is 9.12. The van der Waals surface area contributed by atoms with E-state index in [4.69, 9.17) is 9.94 Å². The summed E-state index contributed by atoms with van der Waals surface area (Å²) in [5, 5.41) is 9.08. The Morgan fingerprint density at radius 3 is 2.12 bits per heavy atom. The largest absolute Gasteiger partial charge is 0.453 e. The highest BCUT2D eigenvalue weighted by molar-refractivity contribution is 7.91. The summed E-state index contributed by atoms with van der Waals surface area (Å²) in [5.41, 5.74) is 1.48. The highest BCUT2D eigenvalue weighted by Crippen LogP contribution is 2.39. The van der Waals surface area contributed by atoms with Gasteiger partial charge in [0.05, 0.1) is 0 Å². The number of alkyl halides is 5. The second-order valence-electron chi connectivity index (χ2n) is 8.55. The van der Waals surface area contributed by atoms with Crippen LogP contribution < -0.4 is 5.48 Å². The molecular weight excluding hydrogens is 463 g/mol. The third kappa shape index (κ3) is 6.09. The van der Waals surface area contributed by atoms with Gasteiger partial charge < -0.3 is 4.74 Å². The van der Waals surface area contributed by atoms with Crippen molar-refractivity contribution in [2.75, 3.05) is 26.3 Å². The minimum Gasteiger partial charge on any atom is -0.381 e. The molecule has 2 N–H and O–H groups in total. The molecule has 1 amide bonds. The first-order chi connectivity index (χ1) is 14.9. The molecule has 0 bridgehead atoms. The van der Waals surface area contributed by atoms with Gasteiger partial charge in [0.15, 0.2) is 4.75 Å². The highest BCUT2D eigenvalue weighted by Gasteiger charge is 2.56. The van der Waals surface area contributed by atoms with Crippen molar-refractivity contribution in [3.05, 3.63) is 0 Å². The lowest BCUT2D eigenvalue weighted by Gasteiger charge is -2.40. The van der Waals surface area contributed by atoms with Crippen LogP contribution in [0.15, 0.2) is 0 Å². The van der Waals surface area contributed by atoms with Crippen LogP contribution in [-0.2, 0) is 19.6 Å². The maximum absolute atomic E-state index is 13.2. The first kappa shape index (κ1) is 27.2. The molecule has 7 nitrogen and oxygen atoms in total. The lowest BCUT2D eigenvalue weighted by atomic mass is 9.92. The van der Waals surface area contributed by atoms with E-state index in [1.165, 1.54) is 9.79 Å². The monoisotopic (exact) mass is 494 g/mol. The number of piperidine rings is 1. The van der Waals surface area contributed by atoms with Crippen molar-refractivity contribution >= 4 is 15.9 Å². The Bertz CT molecular complexity index is 718. The molecule has 2 aliphatic rings. The summed E-state index contributed by atoms with van der Waals surface area (Å²) < 4.78 is 93.3. The minimum atomic E-state index is -5.51. The number of carbonyl (C=O) groups is 1. The second kappa shape index (κ2) is 10.9. The van der Waals surface area contributed by atoms with Crippen molar-refractivity contribution in [2.45, 2.75) is 81.1 Å². The molecule has 0 radical (unpaired) electrons. The molecule has 0 saturated carbocycles. The maximum Gasteiger partial charge on any atom is 0.453 e. The topological polar surface area (TPSA) is 95.9 Å². The molecule has 2 rings (SSSR count). The van der Waals surface area contributed by atoms with E-state index in [-0.39, 0.29) is 57.9 Å². The van der Waals surface area contributed by atoms with E-state index in [0.29, 0.717) is 25.7 Å². The number of nitrogens with zero attached hydrogens (tertiary/aromatic N) is 1. The summed E-state index contributed by atoms with van der Waals surface area (Å²) in [7, 11) is -4.02. The molecule has 0 atom stereocenters. The number of nitrogens with one attached hydrogen (secondary N) is 1. The van der Waals surface area contributed by atoms with Crippen LogP contribution in [0, 0.1) is 5.92 Å². The molecule has 2 saturated heterocycles. The maximum atomic E-state index is 13.2. The fraction of sp³-hybridized carbons (Fsp3) is 0.947. The van der Waals surface area contributed by atoms with Crippen LogP contribution in [0.2, 0.25) is 0 Å². The molecule has 2 heterocycles. The van der Waals surface area contributed by atoms with E-state index >= 15 is 0 Å². The van der Waals surface area contributed by atoms with E-state index < -0.39 is 39.2 Å². The Labute approximate surface area is 184 Å². The van der Waals surface area contributed by atoms with Crippen LogP contribution in [0.3, 0.4) is 0 Å². The van der Waals surface area contributed by atoms with Crippen LogP contribution in [-0.4, -0.2) is 67.0 Å². The molecule has 13 heteroatoms. The van der Waals surface area contributed by atoms with Gasteiger partial charge in [-0.25, -0.2) is 18.2 Å². The van der Waals surface area contributed by atoms with Crippen molar-refractivity contribution in [1.29, 1.82) is 0 Å². The summed E-state index contributed by atoms with van der Waals surface area (Å²) in [6, 6.07) is 0. The molecule has 0 aromatic heterocycles. The van der Waals surface area contributed by atoms with Gasteiger partial charge in [0, 0.05) is 45.6 Å². The fourth-order valence-electron chi connectivity index (χ4n) is 4.37.